The number of hydrogen-bond acceptors (Lipinski definition) is 3. The molecule has 0 fully saturated rings. The van der Waals surface area contributed by atoms with Crippen molar-refractivity contribution in [1.82, 2.24) is 0 Å². The lowest BCUT2D eigenvalue weighted by Gasteiger charge is -2.29. The van der Waals surface area contributed by atoms with Crippen LogP contribution in [-0.4, -0.2) is 18.5 Å². The molecule has 6 nitrogen and oxygen atoms in total. The first-order valence-corrected chi connectivity index (χ1v) is 11.0. The molecule has 3 amide bonds. The number of amides is 3. The van der Waals surface area contributed by atoms with E-state index in [1.54, 1.807) is 17.0 Å². The number of nitrogens with one attached hydrogen (secondary N) is 2. The molecular formula is C26H25N3O3. The summed E-state index contributed by atoms with van der Waals surface area (Å²) in [5, 5.41) is 5.78. The van der Waals surface area contributed by atoms with E-state index >= 15 is 0 Å². The Morgan fingerprint density at radius 2 is 1.59 bits per heavy atom. The van der Waals surface area contributed by atoms with Crippen LogP contribution >= 0.6 is 0 Å². The Labute approximate surface area is 187 Å². The van der Waals surface area contributed by atoms with Gasteiger partial charge in [-0.2, -0.15) is 0 Å². The van der Waals surface area contributed by atoms with Crippen LogP contribution in [-0.2, 0) is 24.2 Å². The maximum Gasteiger partial charge on any atom is 0.323 e. The molecule has 1 aliphatic carbocycles. The van der Waals surface area contributed by atoms with Crippen molar-refractivity contribution in [3.8, 4) is 5.75 Å². The van der Waals surface area contributed by atoms with Gasteiger partial charge in [-0.25, -0.2) is 4.79 Å². The first kappa shape index (κ1) is 20.1. The van der Waals surface area contributed by atoms with Crippen molar-refractivity contribution in [1.29, 1.82) is 0 Å². The van der Waals surface area contributed by atoms with Crippen LogP contribution in [0.5, 0.6) is 5.75 Å². The van der Waals surface area contributed by atoms with Gasteiger partial charge in [0.25, 0.3) is 5.91 Å². The van der Waals surface area contributed by atoms with Gasteiger partial charge in [0.15, 0.2) is 6.61 Å². The zero-order valence-electron chi connectivity index (χ0n) is 17.8. The molecule has 3 aromatic carbocycles. The Morgan fingerprint density at radius 1 is 0.875 bits per heavy atom. The molecule has 0 saturated heterocycles. The standard InChI is InChI=1S/C26H25N3O3/c30-25-17-32-24-15-22(12-13-23(24)29(25)16-18-6-2-1-3-7-18)28-26(31)27-21-11-10-19-8-4-5-9-20(19)14-21/h1-3,6-7,10-15H,4-5,8-9,16-17H2,(H2,27,28,31). The zero-order valence-corrected chi connectivity index (χ0v) is 17.8. The Hall–Kier alpha value is -3.80. The fraction of sp³-hybridized carbons (Fsp3) is 0.231. The van der Waals surface area contributed by atoms with E-state index in [4.69, 9.17) is 4.74 Å². The Kier molecular flexibility index (Phi) is 5.50. The van der Waals surface area contributed by atoms with Gasteiger partial charge in [-0.15, -0.1) is 0 Å². The van der Waals surface area contributed by atoms with Crippen molar-refractivity contribution in [3.63, 3.8) is 0 Å². The van der Waals surface area contributed by atoms with Gasteiger partial charge in [0.05, 0.1) is 12.2 Å². The Balaban J connectivity index is 1.28. The predicted octanol–water partition coefficient (Wildman–Crippen LogP) is 5.14. The van der Waals surface area contributed by atoms with Gasteiger partial charge in [-0.1, -0.05) is 36.4 Å². The molecule has 0 aromatic heterocycles. The molecule has 2 aliphatic rings. The topological polar surface area (TPSA) is 70.7 Å². The molecule has 2 N–H and O–H groups in total. The lowest BCUT2D eigenvalue weighted by atomic mass is 9.91. The second kappa shape index (κ2) is 8.75. The van der Waals surface area contributed by atoms with E-state index < -0.39 is 0 Å². The number of fused-ring (bicyclic) bond motifs is 2. The smallest absolute Gasteiger partial charge is 0.323 e. The van der Waals surface area contributed by atoms with Gasteiger partial charge in [-0.05, 0) is 66.6 Å². The minimum absolute atomic E-state index is 0.0232. The molecule has 1 aliphatic heterocycles. The number of rotatable bonds is 4. The summed E-state index contributed by atoms with van der Waals surface area (Å²) in [6, 6.07) is 21.0. The van der Waals surface area contributed by atoms with E-state index in [0.29, 0.717) is 23.7 Å². The number of nitrogens with zero attached hydrogens (tertiary/aromatic N) is 1. The second-order valence-corrected chi connectivity index (χ2v) is 8.21. The van der Waals surface area contributed by atoms with Crippen molar-refractivity contribution in [2.75, 3.05) is 22.1 Å². The number of carbonyl (C=O) groups excluding carboxylic acids is 2. The van der Waals surface area contributed by atoms with Gasteiger partial charge in [-0.3, -0.25) is 4.79 Å². The molecule has 0 bridgehead atoms. The first-order valence-electron chi connectivity index (χ1n) is 11.0. The summed E-state index contributed by atoms with van der Waals surface area (Å²) in [7, 11) is 0. The molecular weight excluding hydrogens is 402 g/mol. The third-order valence-electron chi connectivity index (χ3n) is 5.95. The lowest BCUT2D eigenvalue weighted by Crippen LogP contribution is -2.38. The minimum atomic E-state index is -0.311. The number of ether oxygens (including phenoxy) is 1. The highest BCUT2D eigenvalue weighted by Crippen LogP contribution is 2.35. The van der Waals surface area contributed by atoms with Gasteiger partial charge in [0.1, 0.15) is 5.75 Å². The number of aryl methyl sites for hydroxylation is 2. The predicted molar refractivity (Wildman–Crippen MR) is 125 cm³/mol. The highest BCUT2D eigenvalue weighted by atomic mass is 16.5. The molecule has 0 saturated carbocycles. The largest absolute Gasteiger partial charge is 0.481 e. The molecule has 6 heteroatoms. The SMILES string of the molecule is O=C(Nc1ccc2c(c1)CCCC2)Nc1ccc2c(c1)OCC(=O)N2Cc1ccccc1. The quantitative estimate of drug-likeness (QED) is 0.606. The van der Waals surface area contributed by atoms with Crippen LogP contribution in [0.1, 0.15) is 29.5 Å². The summed E-state index contributed by atoms with van der Waals surface area (Å²) in [6.45, 7) is 0.451. The summed E-state index contributed by atoms with van der Waals surface area (Å²) < 4.78 is 5.64. The zero-order chi connectivity index (χ0) is 21.9. The molecule has 0 radical (unpaired) electrons. The summed E-state index contributed by atoms with van der Waals surface area (Å²) >= 11 is 0. The third-order valence-corrected chi connectivity index (χ3v) is 5.95. The summed E-state index contributed by atoms with van der Waals surface area (Å²) in [5.74, 6) is 0.485. The molecule has 3 aromatic rings. The number of carbonyl (C=O) groups is 2. The molecule has 0 spiro atoms. The molecule has 162 valence electrons. The van der Waals surface area contributed by atoms with Gasteiger partial charge in [0, 0.05) is 17.4 Å². The van der Waals surface area contributed by atoms with Crippen molar-refractivity contribution >= 4 is 29.0 Å². The first-order chi connectivity index (χ1) is 15.7. The van der Waals surface area contributed by atoms with E-state index in [0.717, 1.165) is 24.1 Å². The molecule has 32 heavy (non-hydrogen) atoms. The fourth-order valence-electron chi connectivity index (χ4n) is 4.33. The summed E-state index contributed by atoms with van der Waals surface area (Å²) in [5.41, 5.74) is 5.83. The summed E-state index contributed by atoms with van der Waals surface area (Å²) in [4.78, 5) is 26.7. The van der Waals surface area contributed by atoms with Crippen LogP contribution in [0.2, 0.25) is 0 Å². The van der Waals surface area contributed by atoms with Crippen LogP contribution < -0.4 is 20.3 Å². The van der Waals surface area contributed by atoms with Crippen molar-refractivity contribution in [3.05, 3.63) is 83.4 Å². The average molecular weight is 428 g/mol. The van der Waals surface area contributed by atoms with Crippen LogP contribution in [0.3, 0.4) is 0 Å². The molecule has 0 unspecified atom stereocenters. The average Bonchev–Trinajstić information content (AvgIpc) is 2.81. The van der Waals surface area contributed by atoms with Gasteiger partial charge < -0.3 is 20.3 Å². The van der Waals surface area contributed by atoms with E-state index in [2.05, 4.69) is 22.8 Å². The highest BCUT2D eigenvalue weighted by molar-refractivity contribution is 6.01. The molecule has 5 rings (SSSR count). The minimum Gasteiger partial charge on any atom is -0.481 e. The fourth-order valence-corrected chi connectivity index (χ4v) is 4.33. The van der Waals surface area contributed by atoms with E-state index in [9.17, 15) is 9.59 Å². The monoisotopic (exact) mass is 427 g/mol. The van der Waals surface area contributed by atoms with Crippen LogP contribution in [0.15, 0.2) is 66.7 Å². The normalized spacial score (nSPS) is 14.8. The molecule has 0 atom stereocenters. The van der Waals surface area contributed by atoms with Crippen molar-refractivity contribution in [2.45, 2.75) is 32.2 Å². The van der Waals surface area contributed by atoms with Crippen LogP contribution in [0.25, 0.3) is 0 Å². The maximum absolute atomic E-state index is 12.5. The van der Waals surface area contributed by atoms with E-state index in [1.165, 1.54) is 24.0 Å². The van der Waals surface area contributed by atoms with Crippen molar-refractivity contribution < 1.29 is 14.3 Å². The number of urea groups is 1. The Bertz CT molecular complexity index is 1160. The molecule has 1 heterocycles. The lowest BCUT2D eigenvalue weighted by molar-refractivity contribution is -0.121. The van der Waals surface area contributed by atoms with Crippen LogP contribution in [0.4, 0.5) is 21.9 Å². The maximum atomic E-state index is 12.5. The van der Waals surface area contributed by atoms with Crippen molar-refractivity contribution in [2.24, 2.45) is 0 Å². The van der Waals surface area contributed by atoms with Gasteiger partial charge in [0.2, 0.25) is 0 Å². The third kappa shape index (κ3) is 4.30. The summed E-state index contributed by atoms with van der Waals surface area (Å²) in [6.07, 6.45) is 4.60. The number of anilines is 3. The Morgan fingerprint density at radius 3 is 2.41 bits per heavy atom. The van der Waals surface area contributed by atoms with E-state index in [1.807, 2.05) is 42.5 Å². The van der Waals surface area contributed by atoms with Gasteiger partial charge >= 0.3 is 6.03 Å². The second-order valence-electron chi connectivity index (χ2n) is 8.21. The number of hydrogen-bond donors (Lipinski definition) is 2. The number of benzene rings is 3. The van der Waals surface area contributed by atoms with Crippen LogP contribution in [0, 0.1) is 0 Å². The highest BCUT2D eigenvalue weighted by Gasteiger charge is 2.26. The van der Waals surface area contributed by atoms with E-state index in [-0.39, 0.29) is 18.5 Å².